The molecule has 1 saturated carbocycles. The molecule has 31 heavy (non-hydrogen) atoms. The van der Waals surface area contributed by atoms with Crippen molar-refractivity contribution in [2.75, 3.05) is 11.9 Å². The zero-order valence-electron chi connectivity index (χ0n) is 17.5. The Morgan fingerprint density at radius 3 is 2.61 bits per heavy atom. The van der Waals surface area contributed by atoms with Gasteiger partial charge in [-0.05, 0) is 32.3 Å². The lowest BCUT2D eigenvalue weighted by molar-refractivity contribution is -0.385. The fraction of sp³-hybridized carbons (Fsp3) is 0.409. The van der Waals surface area contributed by atoms with Crippen LogP contribution in [0.15, 0.2) is 24.3 Å². The summed E-state index contributed by atoms with van der Waals surface area (Å²) in [5, 5.41) is 23.4. The van der Waals surface area contributed by atoms with Crippen LogP contribution < -0.4 is 5.32 Å². The first-order valence-corrected chi connectivity index (χ1v) is 10.1. The highest BCUT2D eigenvalue weighted by Crippen LogP contribution is 2.37. The summed E-state index contributed by atoms with van der Waals surface area (Å²) in [5.74, 6) is -0.878. The predicted molar refractivity (Wildman–Crippen MR) is 113 cm³/mol. The van der Waals surface area contributed by atoms with Crippen LogP contribution in [-0.4, -0.2) is 28.0 Å². The van der Waals surface area contributed by atoms with Crippen molar-refractivity contribution in [1.82, 2.24) is 4.57 Å². The Balaban J connectivity index is 1.68. The summed E-state index contributed by atoms with van der Waals surface area (Å²) in [7, 11) is 0. The molecular formula is C22H24N4O5. The SMILES string of the molecule is Cc1c(C#N)c(NC(=O)COC(=O)Cc2ccccc2[N+](=O)[O-])n(C2CCCC2)c1C. The van der Waals surface area contributed by atoms with Crippen LogP contribution in [0.25, 0.3) is 0 Å². The fourth-order valence-corrected chi connectivity index (χ4v) is 4.06. The molecule has 1 amide bonds. The molecule has 9 heteroatoms. The zero-order chi connectivity index (χ0) is 22.5. The van der Waals surface area contributed by atoms with Gasteiger partial charge in [-0.1, -0.05) is 31.0 Å². The predicted octanol–water partition coefficient (Wildman–Crippen LogP) is 3.72. The molecule has 162 valence electrons. The molecule has 0 spiro atoms. The minimum absolute atomic E-state index is 0.178. The van der Waals surface area contributed by atoms with Gasteiger partial charge in [-0.3, -0.25) is 19.7 Å². The van der Waals surface area contributed by atoms with Gasteiger partial charge in [-0.25, -0.2) is 0 Å². The van der Waals surface area contributed by atoms with Gasteiger partial charge in [-0.2, -0.15) is 5.26 Å². The maximum atomic E-state index is 12.5. The highest BCUT2D eigenvalue weighted by molar-refractivity contribution is 5.94. The van der Waals surface area contributed by atoms with E-state index in [0.29, 0.717) is 11.4 Å². The van der Waals surface area contributed by atoms with Gasteiger partial charge >= 0.3 is 5.97 Å². The molecule has 1 N–H and O–H groups in total. The molecule has 1 aromatic heterocycles. The minimum Gasteiger partial charge on any atom is -0.455 e. The van der Waals surface area contributed by atoms with E-state index in [2.05, 4.69) is 11.4 Å². The molecule has 1 fully saturated rings. The van der Waals surface area contributed by atoms with Crippen LogP contribution in [0.1, 0.15) is 54.1 Å². The number of para-hydroxylation sites is 1. The quantitative estimate of drug-likeness (QED) is 0.410. The van der Waals surface area contributed by atoms with Gasteiger partial charge in [0.05, 0.1) is 16.9 Å². The molecule has 1 aliphatic rings. The standard InChI is InChI=1S/C22H24N4O5/c1-14-15(2)25(17-8-4-5-9-17)22(18(14)12-23)24-20(27)13-31-21(28)11-16-7-3-6-10-19(16)26(29)30/h3,6-7,10,17H,4-5,8-9,11,13H2,1-2H3,(H,24,27). The lowest BCUT2D eigenvalue weighted by Crippen LogP contribution is -2.24. The number of hydrogen-bond donors (Lipinski definition) is 1. The third kappa shape index (κ3) is 4.74. The lowest BCUT2D eigenvalue weighted by atomic mass is 10.1. The summed E-state index contributed by atoms with van der Waals surface area (Å²) in [6, 6.07) is 8.26. The number of carbonyl (C=O) groups excluding carboxylic acids is 2. The number of nitrogens with one attached hydrogen (secondary N) is 1. The molecule has 2 aromatic rings. The fourth-order valence-electron chi connectivity index (χ4n) is 4.06. The van der Waals surface area contributed by atoms with Crippen LogP contribution in [0.5, 0.6) is 0 Å². The van der Waals surface area contributed by atoms with E-state index in [4.69, 9.17) is 4.74 Å². The van der Waals surface area contributed by atoms with Crippen molar-refractivity contribution in [2.45, 2.75) is 52.0 Å². The summed E-state index contributed by atoms with van der Waals surface area (Å²) in [4.78, 5) is 35.1. The number of aromatic nitrogens is 1. The van der Waals surface area contributed by atoms with Crippen molar-refractivity contribution < 1.29 is 19.2 Å². The molecule has 3 rings (SSSR count). The Morgan fingerprint density at radius 1 is 1.29 bits per heavy atom. The lowest BCUT2D eigenvalue weighted by Gasteiger charge is -2.19. The molecule has 9 nitrogen and oxygen atoms in total. The first-order valence-electron chi connectivity index (χ1n) is 10.1. The molecule has 1 aliphatic carbocycles. The molecule has 0 bridgehead atoms. The number of benzene rings is 1. The Kier molecular flexibility index (Phi) is 6.70. The van der Waals surface area contributed by atoms with E-state index in [1.54, 1.807) is 6.07 Å². The maximum absolute atomic E-state index is 12.5. The van der Waals surface area contributed by atoms with E-state index in [0.717, 1.165) is 36.9 Å². The Hall–Kier alpha value is -3.67. The van der Waals surface area contributed by atoms with Crippen LogP contribution in [0.3, 0.4) is 0 Å². The van der Waals surface area contributed by atoms with E-state index in [1.807, 2.05) is 18.4 Å². The highest BCUT2D eigenvalue weighted by Gasteiger charge is 2.27. The molecular weight excluding hydrogens is 400 g/mol. The maximum Gasteiger partial charge on any atom is 0.311 e. The molecule has 0 saturated heterocycles. The number of ether oxygens (including phenoxy) is 1. The number of nitro benzene ring substituents is 1. The van der Waals surface area contributed by atoms with Gasteiger partial charge in [-0.15, -0.1) is 0 Å². The Bertz CT molecular complexity index is 1060. The van der Waals surface area contributed by atoms with Gasteiger partial charge in [0.2, 0.25) is 0 Å². The van der Waals surface area contributed by atoms with Gasteiger partial charge in [0.1, 0.15) is 11.9 Å². The summed E-state index contributed by atoms with van der Waals surface area (Å²) < 4.78 is 7.03. The van der Waals surface area contributed by atoms with Crippen molar-refractivity contribution in [2.24, 2.45) is 0 Å². The topological polar surface area (TPSA) is 127 Å². The van der Waals surface area contributed by atoms with Crippen LogP contribution in [0.4, 0.5) is 11.5 Å². The third-order valence-electron chi connectivity index (χ3n) is 5.70. The molecule has 0 unspecified atom stereocenters. The summed E-state index contributed by atoms with van der Waals surface area (Å²) in [6.45, 7) is 3.23. The molecule has 1 heterocycles. The first-order chi connectivity index (χ1) is 14.8. The normalized spacial score (nSPS) is 13.6. The third-order valence-corrected chi connectivity index (χ3v) is 5.70. The van der Waals surface area contributed by atoms with Gasteiger partial charge in [0.15, 0.2) is 6.61 Å². The largest absolute Gasteiger partial charge is 0.455 e. The number of hydrogen-bond acceptors (Lipinski definition) is 6. The summed E-state index contributed by atoms with van der Waals surface area (Å²) in [5.41, 5.74) is 2.20. The average Bonchev–Trinajstić information content (AvgIpc) is 3.34. The number of anilines is 1. The van der Waals surface area contributed by atoms with Crippen molar-refractivity contribution in [3.63, 3.8) is 0 Å². The molecule has 0 radical (unpaired) electrons. The summed E-state index contributed by atoms with van der Waals surface area (Å²) >= 11 is 0. The van der Waals surface area contributed by atoms with Crippen LogP contribution in [-0.2, 0) is 20.7 Å². The average molecular weight is 424 g/mol. The van der Waals surface area contributed by atoms with Gasteiger partial charge in [0.25, 0.3) is 11.6 Å². The smallest absolute Gasteiger partial charge is 0.311 e. The first kappa shape index (κ1) is 22.0. The van der Waals surface area contributed by atoms with E-state index < -0.39 is 23.4 Å². The van der Waals surface area contributed by atoms with Gasteiger partial charge in [0, 0.05) is 23.4 Å². The number of rotatable bonds is 7. The Morgan fingerprint density at radius 2 is 1.97 bits per heavy atom. The van der Waals surface area contributed by atoms with E-state index in [1.165, 1.54) is 18.2 Å². The van der Waals surface area contributed by atoms with Crippen LogP contribution in [0.2, 0.25) is 0 Å². The number of nitro groups is 1. The van der Waals surface area contributed by atoms with Crippen molar-refractivity contribution in [3.8, 4) is 6.07 Å². The van der Waals surface area contributed by atoms with E-state index >= 15 is 0 Å². The monoisotopic (exact) mass is 424 g/mol. The van der Waals surface area contributed by atoms with Gasteiger partial charge < -0.3 is 14.6 Å². The second-order valence-corrected chi connectivity index (χ2v) is 7.63. The van der Waals surface area contributed by atoms with Crippen molar-refractivity contribution in [3.05, 3.63) is 56.8 Å². The highest BCUT2D eigenvalue weighted by atomic mass is 16.6. The second kappa shape index (κ2) is 9.43. The number of carbonyl (C=O) groups is 2. The van der Waals surface area contributed by atoms with Crippen molar-refractivity contribution in [1.29, 1.82) is 5.26 Å². The van der Waals surface area contributed by atoms with E-state index in [9.17, 15) is 25.0 Å². The number of nitriles is 1. The summed E-state index contributed by atoms with van der Waals surface area (Å²) in [6.07, 6.45) is 3.84. The van der Waals surface area contributed by atoms with Crippen LogP contribution in [0, 0.1) is 35.3 Å². The second-order valence-electron chi connectivity index (χ2n) is 7.63. The zero-order valence-corrected chi connectivity index (χ0v) is 17.5. The Labute approximate surface area is 179 Å². The van der Waals surface area contributed by atoms with E-state index in [-0.39, 0.29) is 23.7 Å². The molecule has 1 aromatic carbocycles. The number of amides is 1. The van der Waals surface area contributed by atoms with Crippen LogP contribution >= 0.6 is 0 Å². The van der Waals surface area contributed by atoms with Crippen molar-refractivity contribution >= 4 is 23.4 Å². The molecule has 0 atom stereocenters. The number of esters is 1. The number of nitrogens with zero attached hydrogens (tertiary/aromatic N) is 3. The molecule has 0 aliphatic heterocycles. The minimum atomic E-state index is -0.747.